The first-order valence-electron chi connectivity index (χ1n) is 9.14. The van der Waals surface area contributed by atoms with E-state index < -0.39 is 11.7 Å². The quantitative estimate of drug-likeness (QED) is 0.641. The zero-order chi connectivity index (χ0) is 20.1. The molecule has 5 nitrogen and oxygen atoms in total. The van der Waals surface area contributed by atoms with Gasteiger partial charge in [-0.3, -0.25) is 9.59 Å². The molecule has 0 spiro atoms. The van der Waals surface area contributed by atoms with Crippen LogP contribution in [0, 0.1) is 11.7 Å². The van der Waals surface area contributed by atoms with Gasteiger partial charge in [0.25, 0.3) is 5.91 Å². The van der Waals surface area contributed by atoms with E-state index in [4.69, 9.17) is 4.74 Å². The zero-order valence-electron chi connectivity index (χ0n) is 15.5. The molecule has 0 saturated heterocycles. The highest BCUT2D eigenvalue weighted by molar-refractivity contribution is 9.10. The number of hydrogen-bond donors (Lipinski definition) is 2. The number of halogens is 2. The normalized spacial score (nSPS) is 14.2. The maximum Gasteiger partial charge on any atom is 0.252 e. The number of rotatable bonds is 8. The van der Waals surface area contributed by atoms with Crippen molar-refractivity contribution in [3.05, 3.63) is 63.9 Å². The molecule has 0 heterocycles. The fourth-order valence-electron chi connectivity index (χ4n) is 3.02. The summed E-state index contributed by atoms with van der Waals surface area (Å²) in [4.78, 5) is 24.5. The molecule has 0 aromatic heterocycles. The van der Waals surface area contributed by atoms with Crippen molar-refractivity contribution >= 4 is 27.7 Å². The summed E-state index contributed by atoms with van der Waals surface area (Å²) in [7, 11) is 1.62. The summed E-state index contributed by atoms with van der Waals surface area (Å²) in [6.45, 7) is 0.174. The van der Waals surface area contributed by atoms with Gasteiger partial charge in [-0.1, -0.05) is 12.1 Å². The largest absolute Gasteiger partial charge is 0.497 e. The van der Waals surface area contributed by atoms with E-state index in [0.29, 0.717) is 10.4 Å². The molecule has 7 heteroatoms. The third-order valence-electron chi connectivity index (χ3n) is 4.70. The van der Waals surface area contributed by atoms with Gasteiger partial charge in [0, 0.05) is 17.4 Å². The van der Waals surface area contributed by atoms with Crippen molar-refractivity contribution in [2.24, 2.45) is 5.92 Å². The molecule has 28 heavy (non-hydrogen) atoms. The first-order chi connectivity index (χ1) is 13.5. The third kappa shape index (κ3) is 5.32. The molecule has 2 amide bonds. The van der Waals surface area contributed by atoms with Crippen LogP contribution in [0.15, 0.2) is 46.9 Å². The lowest BCUT2D eigenvalue weighted by atomic mass is 10.0. The molecule has 1 aliphatic rings. The summed E-state index contributed by atoms with van der Waals surface area (Å²) in [5, 5.41) is 5.72. The van der Waals surface area contributed by atoms with Crippen LogP contribution in [0.2, 0.25) is 0 Å². The van der Waals surface area contributed by atoms with E-state index in [1.54, 1.807) is 7.11 Å². The highest BCUT2D eigenvalue weighted by Gasteiger charge is 2.33. The fourth-order valence-corrected chi connectivity index (χ4v) is 3.44. The lowest BCUT2D eigenvalue weighted by Gasteiger charge is -2.19. The number of carbonyl (C=O) groups excluding carboxylic acids is 2. The second kappa shape index (κ2) is 9.19. The van der Waals surface area contributed by atoms with E-state index in [2.05, 4.69) is 26.6 Å². The van der Waals surface area contributed by atoms with Gasteiger partial charge in [-0.2, -0.15) is 0 Å². The van der Waals surface area contributed by atoms with Crippen LogP contribution in [0.25, 0.3) is 0 Å². The summed E-state index contributed by atoms with van der Waals surface area (Å²) in [6.07, 6.45) is 2.32. The van der Waals surface area contributed by atoms with E-state index in [9.17, 15) is 14.0 Å². The molecule has 2 aromatic rings. The number of ether oxygens (including phenoxy) is 1. The Balaban J connectivity index is 1.52. The molecule has 0 radical (unpaired) electrons. The summed E-state index contributed by atoms with van der Waals surface area (Å²) in [6, 6.07) is 11.6. The molecule has 1 unspecified atom stereocenters. The Bertz CT molecular complexity index is 853. The highest BCUT2D eigenvalue weighted by Crippen LogP contribution is 2.41. The van der Waals surface area contributed by atoms with Crippen molar-refractivity contribution < 1.29 is 18.7 Å². The first kappa shape index (κ1) is 20.3. The summed E-state index contributed by atoms with van der Waals surface area (Å²) in [5.41, 5.74) is 1.25. The molecule has 1 saturated carbocycles. The van der Waals surface area contributed by atoms with Crippen molar-refractivity contribution in [1.82, 2.24) is 10.6 Å². The number of amides is 2. The minimum Gasteiger partial charge on any atom is -0.497 e. The van der Waals surface area contributed by atoms with Crippen LogP contribution in [0.4, 0.5) is 4.39 Å². The van der Waals surface area contributed by atoms with E-state index in [1.165, 1.54) is 12.1 Å². The molecule has 1 atom stereocenters. The van der Waals surface area contributed by atoms with Gasteiger partial charge >= 0.3 is 0 Å². The van der Waals surface area contributed by atoms with Crippen LogP contribution in [-0.2, 0) is 4.79 Å². The molecule has 2 N–H and O–H groups in total. The second-order valence-corrected chi connectivity index (χ2v) is 7.64. The van der Waals surface area contributed by atoms with E-state index in [0.717, 1.165) is 30.2 Å². The molecule has 0 bridgehead atoms. The first-order valence-corrected chi connectivity index (χ1v) is 9.94. The van der Waals surface area contributed by atoms with Gasteiger partial charge in [0.15, 0.2) is 0 Å². The van der Waals surface area contributed by atoms with Crippen LogP contribution in [0.3, 0.4) is 0 Å². The molecular formula is C21H22BrFN2O3. The van der Waals surface area contributed by atoms with E-state index in [1.807, 2.05) is 24.3 Å². The van der Waals surface area contributed by atoms with Crippen LogP contribution in [0.1, 0.15) is 41.2 Å². The Morgan fingerprint density at radius 2 is 1.93 bits per heavy atom. The minimum atomic E-state index is -0.488. The van der Waals surface area contributed by atoms with E-state index in [-0.39, 0.29) is 30.5 Å². The van der Waals surface area contributed by atoms with Crippen LogP contribution < -0.4 is 15.4 Å². The zero-order valence-corrected chi connectivity index (χ0v) is 17.1. The SMILES string of the molecule is COc1ccc(C(NC(=O)CCNC(=O)c2cc(F)ccc2Br)C2CC2)cc1. The van der Waals surface area contributed by atoms with Crippen molar-refractivity contribution in [3.8, 4) is 5.75 Å². The molecule has 1 fully saturated rings. The molecule has 2 aromatic carbocycles. The van der Waals surface area contributed by atoms with Gasteiger partial charge in [-0.15, -0.1) is 0 Å². The molecule has 148 valence electrons. The average molecular weight is 449 g/mol. The number of carbonyl (C=O) groups is 2. The predicted octanol–water partition coefficient (Wildman–Crippen LogP) is 3.98. The number of hydrogen-bond acceptors (Lipinski definition) is 3. The number of methoxy groups -OCH3 is 1. The Morgan fingerprint density at radius 1 is 1.21 bits per heavy atom. The van der Waals surface area contributed by atoms with Gasteiger partial charge in [-0.05, 0) is 70.6 Å². The summed E-state index contributed by atoms with van der Waals surface area (Å²) in [5.74, 6) is 0.170. The Labute approximate surface area is 171 Å². The lowest BCUT2D eigenvalue weighted by Crippen LogP contribution is -2.33. The number of nitrogens with one attached hydrogen (secondary N) is 2. The standard InChI is InChI=1S/C21H22BrFN2O3/c1-28-16-7-4-14(5-8-16)20(13-2-3-13)25-19(26)10-11-24-21(27)17-12-15(23)6-9-18(17)22/h4-9,12-13,20H,2-3,10-11H2,1H3,(H,24,27)(H,25,26). The van der Waals surface area contributed by atoms with Crippen molar-refractivity contribution in [1.29, 1.82) is 0 Å². The maximum atomic E-state index is 13.3. The van der Waals surface area contributed by atoms with Crippen molar-refractivity contribution in [2.45, 2.75) is 25.3 Å². The highest BCUT2D eigenvalue weighted by atomic mass is 79.9. The maximum absolute atomic E-state index is 13.3. The second-order valence-electron chi connectivity index (χ2n) is 6.79. The van der Waals surface area contributed by atoms with E-state index >= 15 is 0 Å². The Morgan fingerprint density at radius 3 is 2.57 bits per heavy atom. The minimum absolute atomic E-state index is 0.0357. The predicted molar refractivity (Wildman–Crippen MR) is 108 cm³/mol. The number of benzene rings is 2. The fraction of sp³-hybridized carbons (Fsp3) is 0.333. The van der Waals surface area contributed by atoms with Crippen molar-refractivity contribution in [3.63, 3.8) is 0 Å². The van der Waals surface area contributed by atoms with Gasteiger partial charge in [-0.25, -0.2) is 4.39 Å². The molecule has 3 rings (SSSR count). The molecule has 0 aliphatic heterocycles. The Hall–Kier alpha value is -2.41. The molecule has 1 aliphatic carbocycles. The Kier molecular flexibility index (Phi) is 6.67. The third-order valence-corrected chi connectivity index (χ3v) is 5.39. The molecular weight excluding hydrogens is 427 g/mol. The van der Waals surface area contributed by atoms with Gasteiger partial charge in [0.05, 0.1) is 18.7 Å². The van der Waals surface area contributed by atoms with Gasteiger partial charge in [0.1, 0.15) is 11.6 Å². The topological polar surface area (TPSA) is 67.4 Å². The summed E-state index contributed by atoms with van der Waals surface area (Å²) >= 11 is 3.23. The van der Waals surface area contributed by atoms with Gasteiger partial charge in [0.2, 0.25) is 5.91 Å². The van der Waals surface area contributed by atoms with Crippen molar-refractivity contribution in [2.75, 3.05) is 13.7 Å². The lowest BCUT2D eigenvalue weighted by molar-refractivity contribution is -0.121. The van der Waals surface area contributed by atoms with Crippen LogP contribution in [0.5, 0.6) is 5.75 Å². The monoisotopic (exact) mass is 448 g/mol. The average Bonchev–Trinajstić information content (AvgIpc) is 3.53. The van der Waals surface area contributed by atoms with Gasteiger partial charge < -0.3 is 15.4 Å². The van der Waals surface area contributed by atoms with Crippen LogP contribution >= 0.6 is 15.9 Å². The smallest absolute Gasteiger partial charge is 0.252 e. The summed E-state index contributed by atoms with van der Waals surface area (Å²) < 4.78 is 19.0. The van der Waals surface area contributed by atoms with Crippen LogP contribution in [-0.4, -0.2) is 25.5 Å².